The third-order valence-electron chi connectivity index (χ3n) is 2.79. The fourth-order valence-corrected chi connectivity index (χ4v) is 1.82. The number of rotatable bonds is 6. The predicted octanol–water partition coefficient (Wildman–Crippen LogP) is 2.67. The van der Waals surface area contributed by atoms with Gasteiger partial charge in [-0.3, -0.25) is 4.79 Å². The van der Waals surface area contributed by atoms with Gasteiger partial charge in [0.25, 0.3) is 0 Å². The second kappa shape index (κ2) is 6.23. The summed E-state index contributed by atoms with van der Waals surface area (Å²) in [5, 5.41) is 10.0. The first kappa shape index (κ1) is 16.2. The van der Waals surface area contributed by atoms with Gasteiger partial charge in [-0.05, 0) is 26.2 Å². The number of carbonyl (C=O) groups is 1. The van der Waals surface area contributed by atoms with Crippen LogP contribution in [0.2, 0.25) is 0 Å². The van der Waals surface area contributed by atoms with E-state index in [9.17, 15) is 23.1 Å². The Kier molecular flexibility index (Phi) is 5.95. The molecule has 0 heterocycles. The van der Waals surface area contributed by atoms with E-state index < -0.39 is 30.1 Å². The van der Waals surface area contributed by atoms with Crippen LogP contribution in [0.1, 0.15) is 39.5 Å². The maximum atomic E-state index is 12.0. The maximum Gasteiger partial charge on any atom is 0.389 e. The zero-order valence-corrected chi connectivity index (χ0v) is 10.3. The number of hydrogen-bond donors (Lipinski definition) is 1. The Morgan fingerprint density at radius 2 is 1.88 bits per heavy atom. The molecule has 0 aliphatic heterocycles. The van der Waals surface area contributed by atoms with Crippen molar-refractivity contribution in [3.63, 3.8) is 0 Å². The molecule has 1 N–H and O–H groups in total. The molecule has 0 fully saturated rings. The van der Waals surface area contributed by atoms with Crippen molar-refractivity contribution in [2.75, 3.05) is 7.11 Å². The van der Waals surface area contributed by atoms with Crippen molar-refractivity contribution in [3.05, 3.63) is 0 Å². The summed E-state index contributed by atoms with van der Waals surface area (Å²) in [6.45, 7) is 3.05. The third kappa shape index (κ3) is 5.91. The molecule has 0 saturated heterocycles. The standard InChI is InChI=1S/C11H19F3O3/c1-4-8(9(15)17-3)10(2,16)6-5-7-11(12,13)14/h8,16H,4-7H2,1-3H3. The van der Waals surface area contributed by atoms with Crippen molar-refractivity contribution in [2.24, 2.45) is 5.92 Å². The van der Waals surface area contributed by atoms with Crippen LogP contribution in [-0.2, 0) is 9.53 Å². The van der Waals surface area contributed by atoms with Crippen LogP contribution in [0.4, 0.5) is 13.2 Å². The Morgan fingerprint density at radius 3 is 2.24 bits per heavy atom. The van der Waals surface area contributed by atoms with Gasteiger partial charge in [0, 0.05) is 6.42 Å². The molecule has 2 unspecified atom stereocenters. The SMILES string of the molecule is CCC(C(=O)OC)C(C)(O)CCCC(F)(F)F. The molecule has 0 spiro atoms. The average Bonchev–Trinajstić information content (AvgIpc) is 2.15. The summed E-state index contributed by atoms with van der Waals surface area (Å²) < 4.78 is 40.4. The molecule has 0 amide bonds. The van der Waals surface area contributed by atoms with Crippen molar-refractivity contribution in [3.8, 4) is 0 Å². The van der Waals surface area contributed by atoms with E-state index in [1.54, 1.807) is 6.92 Å². The van der Waals surface area contributed by atoms with Crippen LogP contribution in [0, 0.1) is 5.92 Å². The zero-order chi connectivity index (χ0) is 13.7. The lowest BCUT2D eigenvalue weighted by molar-refractivity contribution is -0.157. The van der Waals surface area contributed by atoms with Crippen molar-refractivity contribution >= 4 is 5.97 Å². The molecule has 0 aliphatic carbocycles. The van der Waals surface area contributed by atoms with E-state index in [2.05, 4.69) is 4.74 Å². The lowest BCUT2D eigenvalue weighted by atomic mass is 9.83. The number of ether oxygens (including phenoxy) is 1. The van der Waals surface area contributed by atoms with Gasteiger partial charge in [0.1, 0.15) is 0 Å². The second-order valence-corrected chi connectivity index (χ2v) is 4.31. The summed E-state index contributed by atoms with van der Waals surface area (Å²) in [5.41, 5.74) is -1.47. The van der Waals surface area contributed by atoms with Gasteiger partial charge in [-0.2, -0.15) is 13.2 Å². The summed E-state index contributed by atoms with van der Waals surface area (Å²) in [6.07, 6.45) is -5.15. The minimum atomic E-state index is -4.23. The van der Waals surface area contributed by atoms with Crippen LogP contribution in [0.15, 0.2) is 0 Å². The maximum absolute atomic E-state index is 12.0. The molecule has 2 atom stereocenters. The Hall–Kier alpha value is -0.780. The van der Waals surface area contributed by atoms with Crippen molar-refractivity contribution in [2.45, 2.75) is 51.3 Å². The van der Waals surface area contributed by atoms with E-state index in [0.29, 0.717) is 6.42 Å². The summed E-state index contributed by atoms with van der Waals surface area (Å²) in [4.78, 5) is 11.3. The normalized spacial score (nSPS) is 17.4. The Labute approximate surface area is 99.0 Å². The van der Waals surface area contributed by atoms with Crippen LogP contribution >= 0.6 is 0 Å². The molecule has 102 valence electrons. The van der Waals surface area contributed by atoms with Crippen LogP contribution in [0.5, 0.6) is 0 Å². The molecule has 0 bridgehead atoms. The lowest BCUT2D eigenvalue weighted by Gasteiger charge is -2.30. The molecule has 0 radical (unpaired) electrons. The van der Waals surface area contributed by atoms with E-state index in [-0.39, 0.29) is 12.8 Å². The Morgan fingerprint density at radius 1 is 1.35 bits per heavy atom. The number of esters is 1. The molecule has 17 heavy (non-hydrogen) atoms. The quantitative estimate of drug-likeness (QED) is 0.743. The molecule has 6 heteroatoms. The summed E-state index contributed by atoms with van der Waals surface area (Å²) >= 11 is 0. The largest absolute Gasteiger partial charge is 0.469 e. The monoisotopic (exact) mass is 256 g/mol. The van der Waals surface area contributed by atoms with Crippen molar-refractivity contribution < 1.29 is 27.8 Å². The number of methoxy groups -OCH3 is 1. The second-order valence-electron chi connectivity index (χ2n) is 4.31. The summed E-state index contributed by atoms with van der Waals surface area (Å²) in [7, 11) is 1.19. The summed E-state index contributed by atoms with van der Waals surface area (Å²) in [6, 6.07) is 0. The molecular formula is C11H19F3O3. The third-order valence-corrected chi connectivity index (χ3v) is 2.79. The average molecular weight is 256 g/mol. The predicted molar refractivity (Wildman–Crippen MR) is 56.3 cm³/mol. The first-order chi connectivity index (χ1) is 7.64. The number of hydrogen-bond acceptors (Lipinski definition) is 3. The van der Waals surface area contributed by atoms with Gasteiger partial charge in [0.2, 0.25) is 0 Å². The zero-order valence-electron chi connectivity index (χ0n) is 10.3. The van der Waals surface area contributed by atoms with Gasteiger partial charge in [0.05, 0.1) is 18.6 Å². The van der Waals surface area contributed by atoms with Gasteiger partial charge < -0.3 is 9.84 Å². The number of aliphatic hydroxyl groups is 1. The summed E-state index contributed by atoms with van der Waals surface area (Å²) in [5.74, 6) is -1.38. The van der Waals surface area contributed by atoms with E-state index >= 15 is 0 Å². The molecule has 0 aliphatic rings. The van der Waals surface area contributed by atoms with Crippen LogP contribution in [-0.4, -0.2) is 30.0 Å². The molecular weight excluding hydrogens is 237 g/mol. The Bertz CT molecular complexity index is 249. The number of carbonyl (C=O) groups excluding carboxylic acids is 1. The van der Waals surface area contributed by atoms with Gasteiger partial charge in [-0.15, -0.1) is 0 Å². The topological polar surface area (TPSA) is 46.5 Å². The molecule has 0 aromatic heterocycles. The fraction of sp³-hybridized carbons (Fsp3) is 0.909. The molecule has 0 saturated carbocycles. The molecule has 0 aromatic rings. The smallest absolute Gasteiger partial charge is 0.389 e. The van der Waals surface area contributed by atoms with E-state index in [1.807, 2.05) is 0 Å². The minimum Gasteiger partial charge on any atom is -0.469 e. The highest BCUT2D eigenvalue weighted by Gasteiger charge is 2.37. The highest BCUT2D eigenvalue weighted by Crippen LogP contribution is 2.30. The van der Waals surface area contributed by atoms with Gasteiger partial charge >= 0.3 is 12.1 Å². The highest BCUT2D eigenvalue weighted by molar-refractivity contribution is 5.73. The van der Waals surface area contributed by atoms with Gasteiger partial charge in [-0.25, -0.2) is 0 Å². The highest BCUT2D eigenvalue weighted by atomic mass is 19.4. The van der Waals surface area contributed by atoms with E-state index in [4.69, 9.17) is 0 Å². The molecule has 0 aromatic carbocycles. The Balaban J connectivity index is 4.38. The van der Waals surface area contributed by atoms with Crippen LogP contribution < -0.4 is 0 Å². The minimum absolute atomic E-state index is 0.0832. The first-order valence-corrected chi connectivity index (χ1v) is 5.51. The van der Waals surface area contributed by atoms with Crippen LogP contribution in [0.25, 0.3) is 0 Å². The number of alkyl halides is 3. The first-order valence-electron chi connectivity index (χ1n) is 5.51. The molecule has 3 nitrogen and oxygen atoms in total. The van der Waals surface area contributed by atoms with Crippen LogP contribution in [0.3, 0.4) is 0 Å². The number of halogens is 3. The van der Waals surface area contributed by atoms with Crippen molar-refractivity contribution in [1.82, 2.24) is 0 Å². The van der Waals surface area contributed by atoms with Gasteiger partial charge in [-0.1, -0.05) is 6.92 Å². The van der Waals surface area contributed by atoms with Gasteiger partial charge in [0.15, 0.2) is 0 Å². The lowest BCUT2D eigenvalue weighted by Crippen LogP contribution is -2.40. The fourth-order valence-electron chi connectivity index (χ4n) is 1.82. The molecule has 0 rings (SSSR count). The van der Waals surface area contributed by atoms with Crippen molar-refractivity contribution in [1.29, 1.82) is 0 Å². The van der Waals surface area contributed by atoms with E-state index in [0.717, 1.165) is 0 Å². The van der Waals surface area contributed by atoms with E-state index in [1.165, 1.54) is 14.0 Å².